The quantitative estimate of drug-likeness (QED) is 0.256. The third-order valence-corrected chi connectivity index (χ3v) is 3.26. The first-order chi connectivity index (χ1) is 10.4. The number of hydrogen-bond acceptors (Lipinski definition) is 6. The van der Waals surface area contributed by atoms with Crippen molar-refractivity contribution in [2.24, 2.45) is 0 Å². The Balaban J connectivity index is 2.96. The maximum Gasteiger partial charge on any atom is 0.187 e. The Kier molecular flexibility index (Phi) is 4.67. The molecular weight excluding hydrogens is 344 g/mol. The van der Waals surface area contributed by atoms with Gasteiger partial charge in [0.25, 0.3) is 0 Å². The van der Waals surface area contributed by atoms with Crippen molar-refractivity contribution in [3.8, 4) is 0 Å². The van der Waals surface area contributed by atoms with E-state index in [1.54, 1.807) is 0 Å². The van der Waals surface area contributed by atoms with Gasteiger partial charge in [-0.2, -0.15) is 0 Å². The molecule has 0 aliphatic carbocycles. The summed E-state index contributed by atoms with van der Waals surface area (Å²) in [4.78, 5) is -1.36. The molecule has 2 aromatic carbocycles. The van der Waals surface area contributed by atoms with Crippen LogP contribution in [0.25, 0.3) is 10.8 Å². The van der Waals surface area contributed by atoms with Gasteiger partial charge in [-0.05, 0) is 0 Å². The lowest BCUT2D eigenvalue weighted by Crippen LogP contribution is -2.07. The minimum Gasteiger partial charge on any atom is -0.291 e. The number of benzene rings is 2. The van der Waals surface area contributed by atoms with Crippen molar-refractivity contribution in [3.05, 3.63) is 34.9 Å². The van der Waals surface area contributed by atoms with Crippen LogP contribution in [0.5, 0.6) is 0 Å². The van der Waals surface area contributed by atoms with Crippen LogP contribution in [0.3, 0.4) is 0 Å². The van der Waals surface area contributed by atoms with E-state index < -0.39 is 68.3 Å². The van der Waals surface area contributed by atoms with Crippen LogP contribution in [0.15, 0.2) is 4.90 Å². The highest BCUT2D eigenvalue weighted by Gasteiger charge is 2.30. The molecule has 0 heterocycles. The fraction of sp³-hybridized carbons (Fsp3) is 0. The Morgan fingerprint density at radius 1 is 0.773 bits per heavy atom. The van der Waals surface area contributed by atoms with Gasteiger partial charge in [0.15, 0.2) is 34.9 Å². The van der Waals surface area contributed by atoms with Crippen molar-refractivity contribution in [2.45, 2.75) is 4.90 Å². The van der Waals surface area contributed by atoms with Gasteiger partial charge in [-0.25, -0.2) is 31.6 Å². The average Bonchev–Trinajstić information content (AvgIpc) is 2.49. The highest BCUT2D eigenvalue weighted by atomic mass is 32.2. The molecule has 0 atom stereocenters. The molecule has 0 aromatic heterocycles. The van der Waals surface area contributed by atoms with E-state index in [1.165, 1.54) is 0 Å². The summed E-state index contributed by atoms with van der Waals surface area (Å²) in [5, 5.41) is 16.3. The lowest BCUT2D eigenvalue weighted by Gasteiger charge is -2.12. The van der Waals surface area contributed by atoms with Crippen LogP contribution in [-0.2, 0) is 9.37 Å². The second kappa shape index (κ2) is 6.18. The number of anilines is 1. The Morgan fingerprint density at radius 3 is 1.86 bits per heavy atom. The zero-order chi connectivity index (χ0) is 16.6. The highest BCUT2D eigenvalue weighted by Crippen LogP contribution is 2.39. The van der Waals surface area contributed by atoms with E-state index in [9.17, 15) is 26.3 Å². The maximum atomic E-state index is 14.0. The Morgan fingerprint density at radius 2 is 1.32 bits per heavy atom. The molecule has 0 saturated carbocycles. The first kappa shape index (κ1) is 16.6. The first-order valence-corrected chi connectivity index (χ1v) is 5.82. The number of hydrogen-bond donors (Lipinski definition) is 3. The second-order valence-electron chi connectivity index (χ2n) is 3.68. The van der Waals surface area contributed by atoms with Gasteiger partial charge in [0, 0.05) is 0 Å². The molecule has 0 amide bonds. The van der Waals surface area contributed by atoms with Gasteiger partial charge in [-0.3, -0.25) is 10.7 Å². The van der Waals surface area contributed by atoms with E-state index in [0.29, 0.717) is 0 Å². The summed E-state index contributed by atoms with van der Waals surface area (Å²) in [5.41, 5.74) is -0.603. The summed E-state index contributed by atoms with van der Waals surface area (Å²) in [7, 11) is 0. The SMILES string of the molecule is ONc1c(F)c(F)c2c(F)c(SOOO)c(F)c(F)c2c1F. The first-order valence-electron chi connectivity index (χ1n) is 5.08. The minimum absolute atomic E-state index is 0.406. The molecule has 12 heteroatoms. The van der Waals surface area contributed by atoms with Gasteiger partial charge >= 0.3 is 0 Å². The number of nitrogens with one attached hydrogen (secondary N) is 1. The fourth-order valence-electron chi connectivity index (χ4n) is 1.71. The highest BCUT2D eigenvalue weighted by molar-refractivity contribution is 7.94. The lowest BCUT2D eigenvalue weighted by atomic mass is 10.1. The van der Waals surface area contributed by atoms with Crippen LogP contribution in [0, 0.1) is 34.9 Å². The predicted octanol–water partition coefficient (Wildman–Crippen LogP) is 3.90. The van der Waals surface area contributed by atoms with Crippen molar-refractivity contribution >= 4 is 28.5 Å². The minimum atomic E-state index is -2.09. The van der Waals surface area contributed by atoms with Gasteiger partial charge in [0.05, 0.1) is 22.8 Å². The van der Waals surface area contributed by atoms with Crippen molar-refractivity contribution < 1.29 is 46.2 Å². The average molecular weight is 347 g/mol. The molecule has 120 valence electrons. The Bertz CT molecular complexity index is 759. The maximum absolute atomic E-state index is 14.0. The van der Waals surface area contributed by atoms with Crippen molar-refractivity contribution in [1.82, 2.24) is 0 Å². The Hall–Kier alpha value is -1.73. The monoisotopic (exact) mass is 347 g/mol. The predicted molar refractivity (Wildman–Crippen MR) is 59.8 cm³/mol. The van der Waals surface area contributed by atoms with Crippen molar-refractivity contribution in [1.29, 1.82) is 0 Å². The molecule has 3 N–H and O–H groups in total. The van der Waals surface area contributed by atoms with E-state index in [4.69, 9.17) is 10.5 Å². The van der Waals surface area contributed by atoms with E-state index in [0.717, 1.165) is 5.48 Å². The van der Waals surface area contributed by atoms with E-state index >= 15 is 0 Å². The van der Waals surface area contributed by atoms with Gasteiger partial charge in [0.1, 0.15) is 10.6 Å². The summed E-state index contributed by atoms with van der Waals surface area (Å²) in [6, 6.07) is 0. The lowest BCUT2D eigenvalue weighted by molar-refractivity contribution is -0.432. The molecule has 2 aromatic rings. The number of halogens is 6. The van der Waals surface area contributed by atoms with Gasteiger partial charge in [-0.15, -0.1) is 4.33 Å². The zero-order valence-corrected chi connectivity index (χ0v) is 10.7. The Labute approximate surface area is 121 Å². The molecule has 0 bridgehead atoms. The molecule has 22 heavy (non-hydrogen) atoms. The van der Waals surface area contributed by atoms with Crippen LogP contribution < -0.4 is 5.48 Å². The standard InChI is InChI=1S/C10H3F6NO4S/c11-3-2-1(5(13)9(17-18)7(3)15)4(12)8(16)10(6(2)14)22-21-20-19/h17-19H. The zero-order valence-electron chi connectivity index (χ0n) is 9.89. The summed E-state index contributed by atoms with van der Waals surface area (Å²) >= 11 is -0.406. The summed E-state index contributed by atoms with van der Waals surface area (Å²) < 4.78 is 86.2. The number of fused-ring (bicyclic) bond motifs is 1. The van der Waals surface area contributed by atoms with Crippen LogP contribution >= 0.6 is 12.0 Å². The molecule has 0 aliphatic rings. The largest absolute Gasteiger partial charge is 0.291 e. The third kappa shape index (κ3) is 2.34. The normalized spacial score (nSPS) is 11.3. The van der Waals surface area contributed by atoms with Gasteiger partial charge < -0.3 is 0 Å². The van der Waals surface area contributed by atoms with E-state index in [2.05, 4.69) is 9.37 Å². The summed E-state index contributed by atoms with van der Waals surface area (Å²) in [5.74, 6) is -12.1. The molecule has 0 unspecified atom stereocenters. The van der Waals surface area contributed by atoms with Crippen LogP contribution in [-0.4, -0.2) is 10.5 Å². The summed E-state index contributed by atoms with van der Waals surface area (Å²) in [6.45, 7) is 0. The fourth-order valence-corrected chi connectivity index (χ4v) is 2.15. The third-order valence-electron chi connectivity index (χ3n) is 2.61. The van der Waals surface area contributed by atoms with Crippen molar-refractivity contribution in [2.75, 3.05) is 5.48 Å². The molecule has 0 fully saturated rings. The molecule has 0 radical (unpaired) electrons. The number of rotatable bonds is 4. The molecule has 0 spiro atoms. The van der Waals surface area contributed by atoms with Crippen LogP contribution in [0.4, 0.5) is 32.0 Å². The summed E-state index contributed by atoms with van der Waals surface area (Å²) in [6.07, 6.45) is 0. The van der Waals surface area contributed by atoms with Gasteiger partial charge in [-0.1, -0.05) is 5.04 Å². The topological polar surface area (TPSA) is 71.0 Å². The molecule has 2 rings (SSSR count). The second-order valence-corrected chi connectivity index (χ2v) is 4.39. The molecule has 5 nitrogen and oxygen atoms in total. The van der Waals surface area contributed by atoms with Crippen molar-refractivity contribution in [3.63, 3.8) is 0 Å². The smallest absolute Gasteiger partial charge is 0.187 e. The molecule has 0 saturated heterocycles. The molecular formula is C10H3F6NO4S. The van der Waals surface area contributed by atoms with Crippen LogP contribution in [0.2, 0.25) is 0 Å². The molecule has 0 aliphatic heterocycles. The van der Waals surface area contributed by atoms with Gasteiger partial charge in [0.2, 0.25) is 0 Å². The van der Waals surface area contributed by atoms with E-state index in [1.807, 2.05) is 0 Å². The van der Waals surface area contributed by atoms with Crippen LogP contribution in [0.1, 0.15) is 0 Å². The van der Waals surface area contributed by atoms with E-state index in [-0.39, 0.29) is 0 Å².